The smallest absolute Gasteiger partial charge is 0.225 e. The first-order valence-corrected chi connectivity index (χ1v) is 5.77. The van der Waals surface area contributed by atoms with Crippen molar-refractivity contribution in [1.82, 2.24) is 20.7 Å². The lowest BCUT2D eigenvalue weighted by atomic mass is 10.1. The van der Waals surface area contributed by atoms with Crippen molar-refractivity contribution in [1.29, 1.82) is 0 Å². The first kappa shape index (κ1) is 12.3. The number of amides is 1. The van der Waals surface area contributed by atoms with Gasteiger partial charge < -0.3 is 9.84 Å². The van der Waals surface area contributed by atoms with Gasteiger partial charge in [-0.2, -0.15) is 5.10 Å². The molecule has 2 aromatic rings. The minimum Gasteiger partial charge on any atom is -0.361 e. The highest BCUT2D eigenvalue weighted by Crippen LogP contribution is 2.14. The van der Waals surface area contributed by atoms with Gasteiger partial charge in [0, 0.05) is 17.3 Å². The van der Waals surface area contributed by atoms with Crippen LogP contribution in [0, 0.1) is 13.8 Å². The molecule has 0 saturated heterocycles. The van der Waals surface area contributed by atoms with Gasteiger partial charge in [-0.1, -0.05) is 5.16 Å². The van der Waals surface area contributed by atoms with Crippen molar-refractivity contribution < 1.29 is 9.32 Å². The molecule has 0 saturated carbocycles. The van der Waals surface area contributed by atoms with Crippen molar-refractivity contribution in [2.45, 2.75) is 33.2 Å². The molecule has 0 fully saturated rings. The summed E-state index contributed by atoms with van der Waals surface area (Å²) in [5.74, 6) is 0.636. The minimum absolute atomic E-state index is 0.0573. The molecule has 0 aliphatic rings. The highest BCUT2D eigenvalue weighted by molar-refractivity contribution is 5.79. The van der Waals surface area contributed by atoms with E-state index in [1.165, 1.54) is 0 Å². The maximum absolute atomic E-state index is 11.9. The second-order valence-electron chi connectivity index (χ2n) is 4.30. The monoisotopic (exact) mass is 248 g/mol. The van der Waals surface area contributed by atoms with E-state index in [0.717, 1.165) is 16.8 Å². The highest BCUT2D eigenvalue weighted by atomic mass is 16.5. The third-order valence-electron chi connectivity index (χ3n) is 2.92. The van der Waals surface area contributed by atoms with Crippen LogP contribution in [-0.4, -0.2) is 21.3 Å². The zero-order chi connectivity index (χ0) is 13.1. The van der Waals surface area contributed by atoms with Gasteiger partial charge in [-0.15, -0.1) is 0 Å². The number of nitrogens with one attached hydrogen (secondary N) is 2. The molecule has 2 aromatic heterocycles. The maximum atomic E-state index is 11.9. The summed E-state index contributed by atoms with van der Waals surface area (Å²) in [7, 11) is 0. The van der Waals surface area contributed by atoms with Crippen LogP contribution in [0.5, 0.6) is 0 Å². The number of carbonyl (C=O) groups is 1. The SMILES string of the molecule is Cc1noc(C)c1CC(=O)NC(C)c1cn[nH]c1. The van der Waals surface area contributed by atoms with E-state index in [9.17, 15) is 4.79 Å². The Morgan fingerprint density at radius 3 is 2.89 bits per heavy atom. The molecule has 0 spiro atoms. The molecule has 18 heavy (non-hydrogen) atoms. The van der Waals surface area contributed by atoms with E-state index in [2.05, 4.69) is 20.7 Å². The molecule has 0 aromatic carbocycles. The third-order valence-corrected chi connectivity index (χ3v) is 2.92. The first-order chi connectivity index (χ1) is 8.58. The van der Waals surface area contributed by atoms with Gasteiger partial charge in [-0.3, -0.25) is 9.89 Å². The summed E-state index contributed by atoms with van der Waals surface area (Å²) in [4.78, 5) is 11.9. The van der Waals surface area contributed by atoms with Gasteiger partial charge in [0.1, 0.15) is 5.76 Å². The summed E-state index contributed by atoms with van der Waals surface area (Å²) in [5, 5.41) is 13.3. The van der Waals surface area contributed by atoms with Crippen LogP contribution in [0.4, 0.5) is 0 Å². The molecule has 0 aliphatic heterocycles. The lowest BCUT2D eigenvalue weighted by Gasteiger charge is -2.11. The average molecular weight is 248 g/mol. The Bertz CT molecular complexity index is 511. The van der Waals surface area contributed by atoms with Gasteiger partial charge in [0.25, 0.3) is 0 Å². The molecule has 96 valence electrons. The first-order valence-electron chi connectivity index (χ1n) is 5.77. The van der Waals surface area contributed by atoms with E-state index in [1.54, 1.807) is 12.4 Å². The van der Waals surface area contributed by atoms with E-state index in [1.807, 2.05) is 20.8 Å². The third kappa shape index (κ3) is 2.58. The summed E-state index contributed by atoms with van der Waals surface area (Å²) in [6, 6.07) is -0.0725. The highest BCUT2D eigenvalue weighted by Gasteiger charge is 2.15. The van der Waals surface area contributed by atoms with Crippen LogP contribution in [0.2, 0.25) is 0 Å². The molecular formula is C12H16N4O2. The molecule has 6 heteroatoms. The van der Waals surface area contributed by atoms with E-state index in [0.29, 0.717) is 5.76 Å². The van der Waals surface area contributed by atoms with E-state index in [-0.39, 0.29) is 18.4 Å². The van der Waals surface area contributed by atoms with Crippen molar-refractivity contribution in [3.05, 3.63) is 35.0 Å². The minimum atomic E-state index is -0.0725. The van der Waals surface area contributed by atoms with Crippen LogP contribution < -0.4 is 5.32 Å². The Hall–Kier alpha value is -2.11. The van der Waals surface area contributed by atoms with Gasteiger partial charge in [0.15, 0.2) is 0 Å². The molecule has 2 heterocycles. The molecule has 0 aliphatic carbocycles. The van der Waals surface area contributed by atoms with Gasteiger partial charge in [0.05, 0.1) is 24.4 Å². The molecule has 2 N–H and O–H groups in total. The van der Waals surface area contributed by atoms with Crippen LogP contribution in [0.3, 0.4) is 0 Å². The van der Waals surface area contributed by atoms with E-state index in [4.69, 9.17) is 4.52 Å². The van der Waals surface area contributed by atoms with Gasteiger partial charge in [0.2, 0.25) is 5.91 Å². The predicted octanol–water partition coefficient (Wildman–Crippen LogP) is 1.43. The average Bonchev–Trinajstić information content (AvgIpc) is 2.94. The van der Waals surface area contributed by atoms with Crippen LogP contribution >= 0.6 is 0 Å². The summed E-state index contributed by atoms with van der Waals surface area (Å²) in [5.41, 5.74) is 2.56. The Morgan fingerprint density at radius 2 is 2.33 bits per heavy atom. The lowest BCUT2D eigenvalue weighted by molar-refractivity contribution is -0.121. The summed E-state index contributed by atoms with van der Waals surface area (Å²) in [6.07, 6.45) is 3.74. The number of hydrogen-bond acceptors (Lipinski definition) is 4. The fourth-order valence-electron chi connectivity index (χ4n) is 1.79. The molecule has 6 nitrogen and oxygen atoms in total. The number of aromatic nitrogens is 3. The Labute approximate surface area is 105 Å². The van der Waals surface area contributed by atoms with E-state index >= 15 is 0 Å². The fourth-order valence-corrected chi connectivity index (χ4v) is 1.79. The molecule has 1 unspecified atom stereocenters. The molecule has 0 bridgehead atoms. The lowest BCUT2D eigenvalue weighted by Crippen LogP contribution is -2.28. The quantitative estimate of drug-likeness (QED) is 0.857. The summed E-state index contributed by atoms with van der Waals surface area (Å²) in [6.45, 7) is 5.55. The van der Waals surface area contributed by atoms with Crippen LogP contribution in [0.1, 0.15) is 35.5 Å². The Balaban J connectivity index is 1.97. The predicted molar refractivity (Wildman–Crippen MR) is 64.8 cm³/mol. The summed E-state index contributed by atoms with van der Waals surface area (Å²) < 4.78 is 5.03. The number of hydrogen-bond donors (Lipinski definition) is 2. The number of aryl methyl sites for hydroxylation is 2. The van der Waals surface area contributed by atoms with Gasteiger partial charge in [-0.25, -0.2) is 0 Å². The molecule has 1 atom stereocenters. The second kappa shape index (κ2) is 5.03. The number of carbonyl (C=O) groups excluding carboxylic acids is 1. The number of rotatable bonds is 4. The topological polar surface area (TPSA) is 83.8 Å². The van der Waals surface area contributed by atoms with Gasteiger partial charge >= 0.3 is 0 Å². The van der Waals surface area contributed by atoms with Crippen molar-refractivity contribution in [2.75, 3.05) is 0 Å². The van der Waals surface area contributed by atoms with Crippen LogP contribution in [-0.2, 0) is 11.2 Å². The largest absolute Gasteiger partial charge is 0.361 e. The molecule has 0 radical (unpaired) electrons. The second-order valence-corrected chi connectivity index (χ2v) is 4.30. The van der Waals surface area contributed by atoms with Crippen LogP contribution in [0.15, 0.2) is 16.9 Å². The number of aromatic amines is 1. The summed E-state index contributed by atoms with van der Waals surface area (Å²) >= 11 is 0. The number of nitrogens with zero attached hydrogens (tertiary/aromatic N) is 2. The van der Waals surface area contributed by atoms with Crippen LogP contribution in [0.25, 0.3) is 0 Å². The Kier molecular flexibility index (Phi) is 3.45. The number of H-pyrrole nitrogens is 1. The van der Waals surface area contributed by atoms with Crippen molar-refractivity contribution in [2.24, 2.45) is 0 Å². The molecular weight excluding hydrogens is 232 g/mol. The van der Waals surface area contributed by atoms with Crippen molar-refractivity contribution in [3.8, 4) is 0 Å². The standard InChI is InChI=1S/C12H16N4O2/c1-7(10-5-13-14-6-10)15-12(17)4-11-8(2)16-18-9(11)3/h5-7H,4H2,1-3H3,(H,13,14)(H,15,17). The molecule has 2 rings (SSSR count). The molecule has 1 amide bonds. The van der Waals surface area contributed by atoms with E-state index < -0.39 is 0 Å². The normalized spacial score (nSPS) is 12.4. The fraction of sp³-hybridized carbons (Fsp3) is 0.417. The maximum Gasteiger partial charge on any atom is 0.225 e. The van der Waals surface area contributed by atoms with Crippen molar-refractivity contribution in [3.63, 3.8) is 0 Å². The van der Waals surface area contributed by atoms with Crippen molar-refractivity contribution >= 4 is 5.91 Å². The zero-order valence-electron chi connectivity index (χ0n) is 10.7. The Morgan fingerprint density at radius 1 is 1.56 bits per heavy atom. The van der Waals surface area contributed by atoms with Gasteiger partial charge in [-0.05, 0) is 20.8 Å². The zero-order valence-corrected chi connectivity index (χ0v) is 10.7.